The average molecular weight is 235 g/mol. The monoisotopic (exact) mass is 235 g/mol. The van der Waals surface area contributed by atoms with Gasteiger partial charge in [-0.2, -0.15) is 0 Å². The third-order valence-corrected chi connectivity index (χ3v) is 3.33. The maximum atomic E-state index is 5.36. The molecule has 2 nitrogen and oxygen atoms in total. The molecule has 0 fully saturated rings. The van der Waals surface area contributed by atoms with Crippen molar-refractivity contribution in [1.29, 1.82) is 0 Å². The van der Waals surface area contributed by atoms with Crippen LogP contribution in [0, 0.1) is 5.92 Å². The number of nitrogens with one attached hydrogen (secondary N) is 1. The first kappa shape index (κ1) is 14.0. The van der Waals surface area contributed by atoms with E-state index in [9.17, 15) is 0 Å². The van der Waals surface area contributed by atoms with Crippen molar-refractivity contribution in [2.75, 3.05) is 14.2 Å². The molecule has 0 bridgehead atoms. The zero-order valence-corrected chi connectivity index (χ0v) is 11.5. The molecule has 1 aromatic rings. The van der Waals surface area contributed by atoms with Crippen molar-refractivity contribution in [1.82, 2.24) is 5.32 Å². The summed E-state index contributed by atoms with van der Waals surface area (Å²) in [6.07, 6.45) is 3.51. The van der Waals surface area contributed by atoms with E-state index in [0.29, 0.717) is 12.0 Å². The summed E-state index contributed by atoms with van der Waals surface area (Å²) in [7, 11) is 3.79. The molecule has 96 valence electrons. The van der Waals surface area contributed by atoms with Gasteiger partial charge in [0.05, 0.1) is 7.11 Å². The highest BCUT2D eigenvalue weighted by Gasteiger charge is 2.10. The van der Waals surface area contributed by atoms with E-state index in [0.717, 1.165) is 12.2 Å². The van der Waals surface area contributed by atoms with Crippen molar-refractivity contribution in [3.8, 4) is 5.75 Å². The molecule has 1 atom stereocenters. The molecule has 0 saturated heterocycles. The third kappa shape index (κ3) is 4.39. The lowest BCUT2D eigenvalue weighted by Crippen LogP contribution is -2.30. The Morgan fingerprint density at radius 2 is 1.94 bits per heavy atom. The fourth-order valence-corrected chi connectivity index (χ4v) is 2.23. The molecule has 1 rings (SSSR count). The lowest BCUT2D eigenvalue weighted by Gasteiger charge is -2.20. The summed E-state index contributed by atoms with van der Waals surface area (Å²) in [4.78, 5) is 0. The first-order valence-electron chi connectivity index (χ1n) is 6.48. The van der Waals surface area contributed by atoms with Crippen molar-refractivity contribution in [3.63, 3.8) is 0 Å². The Morgan fingerprint density at radius 3 is 2.53 bits per heavy atom. The van der Waals surface area contributed by atoms with E-state index in [1.54, 1.807) is 7.11 Å². The number of hydrogen-bond donors (Lipinski definition) is 1. The summed E-state index contributed by atoms with van der Waals surface area (Å²) in [6, 6.07) is 8.91. The van der Waals surface area contributed by atoms with Crippen molar-refractivity contribution < 1.29 is 4.74 Å². The molecule has 2 heteroatoms. The third-order valence-electron chi connectivity index (χ3n) is 3.33. The summed E-state index contributed by atoms with van der Waals surface area (Å²) in [5.74, 6) is 1.70. The topological polar surface area (TPSA) is 21.3 Å². The Balaban J connectivity index is 2.45. The molecule has 0 aliphatic carbocycles. The highest BCUT2D eigenvalue weighted by molar-refractivity contribution is 5.33. The smallest absolute Gasteiger partial charge is 0.122 e. The van der Waals surface area contributed by atoms with Crippen LogP contribution in [0.3, 0.4) is 0 Å². The van der Waals surface area contributed by atoms with Gasteiger partial charge in [-0.1, -0.05) is 32.0 Å². The molecule has 0 heterocycles. The number of para-hydroxylation sites is 1. The van der Waals surface area contributed by atoms with E-state index < -0.39 is 0 Å². The molecule has 0 radical (unpaired) electrons. The first-order chi connectivity index (χ1) is 8.19. The van der Waals surface area contributed by atoms with E-state index in [-0.39, 0.29) is 0 Å². The van der Waals surface area contributed by atoms with Gasteiger partial charge >= 0.3 is 0 Å². The summed E-state index contributed by atoms with van der Waals surface area (Å²) in [5.41, 5.74) is 1.31. The number of benzene rings is 1. The molecule has 17 heavy (non-hydrogen) atoms. The van der Waals surface area contributed by atoms with Crippen molar-refractivity contribution >= 4 is 0 Å². The SMILES string of the molecule is CNC(CCCc1ccccc1OC)C(C)C. The standard InChI is InChI=1S/C15H25NO/c1-12(2)14(16-3)10-7-9-13-8-5-6-11-15(13)17-4/h5-6,8,11-12,14,16H,7,9-10H2,1-4H3. The number of ether oxygens (including phenoxy) is 1. The van der Waals surface area contributed by atoms with Crippen molar-refractivity contribution in [2.45, 2.75) is 39.2 Å². The molecule has 0 saturated carbocycles. The fourth-order valence-electron chi connectivity index (χ4n) is 2.23. The van der Waals surface area contributed by atoms with E-state index in [4.69, 9.17) is 4.74 Å². The van der Waals surface area contributed by atoms with Gasteiger partial charge in [0.1, 0.15) is 5.75 Å². The van der Waals surface area contributed by atoms with Crippen molar-refractivity contribution in [2.24, 2.45) is 5.92 Å². The molecule has 0 aliphatic heterocycles. The van der Waals surface area contributed by atoms with Gasteiger partial charge < -0.3 is 10.1 Å². The minimum absolute atomic E-state index is 0.615. The fraction of sp³-hybridized carbons (Fsp3) is 0.600. The van der Waals surface area contributed by atoms with Crippen LogP contribution in [0.2, 0.25) is 0 Å². The zero-order valence-electron chi connectivity index (χ0n) is 11.5. The molecule has 1 unspecified atom stereocenters. The van der Waals surface area contributed by atoms with E-state index in [2.05, 4.69) is 31.3 Å². The number of methoxy groups -OCH3 is 1. The van der Waals surface area contributed by atoms with Gasteiger partial charge in [-0.3, -0.25) is 0 Å². The van der Waals surface area contributed by atoms with Crippen LogP contribution in [0.25, 0.3) is 0 Å². The molecular formula is C15H25NO. The number of hydrogen-bond acceptors (Lipinski definition) is 2. The summed E-state index contributed by atoms with van der Waals surface area (Å²) in [6.45, 7) is 4.54. The molecule has 0 amide bonds. The molecule has 0 aliphatic rings. The summed E-state index contributed by atoms with van der Waals surface area (Å²) < 4.78 is 5.36. The quantitative estimate of drug-likeness (QED) is 0.783. The molecule has 1 aromatic carbocycles. The highest BCUT2D eigenvalue weighted by atomic mass is 16.5. The lowest BCUT2D eigenvalue weighted by molar-refractivity contribution is 0.388. The average Bonchev–Trinajstić information content (AvgIpc) is 2.34. The minimum Gasteiger partial charge on any atom is -0.496 e. The van der Waals surface area contributed by atoms with Gasteiger partial charge in [-0.05, 0) is 43.9 Å². The predicted molar refractivity (Wildman–Crippen MR) is 73.6 cm³/mol. The number of rotatable bonds is 7. The van der Waals surface area contributed by atoms with Crippen LogP contribution < -0.4 is 10.1 Å². The van der Waals surface area contributed by atoms with Crippen LogP contribution in [0.4, 0.5) is 0 Å². The normalized spacial score (nSPS) is 12.8. The van der Waals surface area contributed by atoms with Gasteiger partial charge in [-0.25, -0.2) is 0 Å². The van der Waals surface area contributed by atoms with E-state index in [1.807, 2.05) is 19.2 Å². The summed E-state index contributed by atoms with van der Waals surface area (Å²) in [5, 5.41) is 3.39. The Kier molecular flexibility index (Phi) is 6.06. The van der Waals surface area contributed by atoms with Gasteiger partial charge in [-0.15, -0.1) is 0 Å². The van der Waals surface area contributed by atoms with Crippen LogP contribution in [-0.4, -0.2) is 20.2 Å². The zero-order chi connectivity index (χ0) is 12.7. The Morgan fingerprint density at radius 1 is 1.24 bits per heavy atom. The Bertz CT molecular complexity index is 322. The van der Waals surface area contributed by atoms with Crippen LogP contribution in [0.1, 0.15) is 32.3 Å². The molecular weight excluding hydrogens is 210 g/mol. The summed E-state index contributed by atoms with van der Waals surface area (Å²) >= 11 is 0. The second kappa shape index (κ2) is 7.33. The van der Waals surface area contributed by atoms with Gasteiger partial charge in [0.15, 0.2) is 0 Å². The lowest BCUT2D eigenvalue weighted by atomic mass is 9.97. The van der Waals surface area contributed by atoms with Crippen molar-refractivity contribution in [3.05, 3.63) is 29.8 Å². The molecule has 1 N–H and O–H groups in total. The number of aryl methyl sites for hydroxylation is 1. The minimum atomic E-state index is 0.615. The van der Waals surface area contributed by atoms with E-state index >= 15 is 0 Å². The van der Waals surface area contributed by atoms with Crippen LogP contribution in [-0.2, 0) is 6.42 Å². The van der Waals surface area contributed by atoms with E-state index in [1.165, 1.54) is 18.4 Å². The highest BCUT2D eigenvalue weighted by Crippen LogP contribution is 2.20. The van der Waals surface area contributed by atoms with Crippen LogP contribution in [0.15, 0.2) is 24.3 Å². The molecule has 0 spiro atoms. The first-order valence-corrected chi connectivity index (χ1v) is 6.48. The Labute approximate surface area is 105 Å². The van der Waals surface area contributed by atoms with Gasteiger partial charge in [0, 0.05) is 6.04 Å². The van der Waals surface area contributed by atoms with Crippen LogP contribution >= 0.6 is 0 Å². The molecule has 0 aromatic heterocycles. The van der Waals surface area contributed by atoms with Gasteiger partial charge in [0.2, 0.25) is 0 Å². The second-order valence-electron chi connectivity index (χ2n) is 4.84. The van der Waals surface area contributed by atoms with Gasteiger partial charge in [0.25, 0.3) is 0 Å². The maximum absolute atomic E-state index is 5.36. The Hall–Kier alpha value is -1.02. The second-order valence-corrected chi connectivity index (χ2v) is 4.84. The predicted octanol–water partition coefficient (Wildman–Crippen LogP) is 3.26. The largest absolute Gasteiger partial charge is 0.496 e. The maximum Gasteiger partial charge on any atom is 0.122 e. The van der Waals surface area contributed by atoms with Crippen LogP contribution in [0.5, 0.6) is 5.75 Å².